The highest BCUT2D eigenvalue weighted by Crippen LogP contribution is 2.23. The van der Waals surface area contributed by atoms with Gasteiger partial charge in [-0.05, 0) is 38.7 Å². The first-order chi connectivity index (χ1) is 8.89. The van der Waals surface area contributed by atoms with Gasteiger partial charge in [-0.1, -0.05) is 0 Å². The van der Waals surface area contributed by atoms with E-state index in [1.54, 1.807) is 0 Å². The van der Waals surface area contributed by atoms with E-state index in [0.717, 1.165) is 37.2 Å². The van der Waals surface area contributed by atoms with E-state index in [1.807, 2.05) is 11.6 Å². The molecule has 2 N–H and O–H groups in total. The van der Waals surface area contributed by atoms with Gasteiger partial charge in [0, 0.05) is 24.7 Å². The summed E-state index contributed by atoms with van der Waals surface area (Å²) in [6.07, 6.45) is 2.32. The van der Waals surface area contributed by atoms with Crippen molar-refractivity contribution in [2.75, 3.05) is 11.5 Å². The lowest BCUT2D eigenvalue weighted by molar-refractivity contribution is 0.457. The van der Waals surface area contributed by atoms with Crippen molar-refractivity contribution in [3.63, 3.8) is 0 Å². The van der Waals surface area contributed by atoms with Crippen LogP contribution in [0.3, 0.4) is 0 Å². The quantitative estimate of drug-likeness (QED) is 0.872. The van der Waals surface area contributed by atoms with E-state index in [9.17, 15) is 8.42 Å². The molecule has 1 aromatic rings. The van der Waals surface area contributed by atoms with Crippen LogP contribution in [-0.2, 0) is 22.8 Å². The molecule has 0 bridgehead atoms. The highest BCUT2D eigenvalue weighted by Gasteiger charge is 2.29. The summed E-state index contributed by atoms with van der Waals surface area (Å²) in [5.74, 6) is 0.877. The molecule has 0 spiro atoms. The average molecular weight is 285 g/mol. The van der Waals surface area contributed by atoms with Crippen molar-refractivity contribution in [1.82, 2.24) is 9.78 Å². The summed E-state index contributed by atoms with van der Waals surface area (Å²) in [4.78, 5) is 0. The molecule has 0 amide bonds. The van der Waals surface area contributed by atoms with E-state index < -0.39 is 9.84 Å². The second-order valence-corrected chi connectivity index (χ2v) is 7.79. The SMILES string of the molecule is CCn1nc(C)cc1CC(N)CC1CCS(=O)(=O)C1. The first kappa shape index (κ1) is 14.5. The van der Waals surface area contributed by atoms with Crippen LogP contribution in [0.5, 0.6) is 0 Å². The lowest BCUT2D eigenvalue weighted by atomic mass is 9.97. The van der Waals surface area contributed by atoms with Crippen molar-refractivity contribution < 1.29 is 8.42 Å². The van der Waals surface area contributed by atoms with Crippen molar-refractivity contribution in [1.29, 1.82) is 0 Å². The second-order valence-electron chi connectivity index (χ2n) is 5.56. The molecule has 0 saturated carbocycles. The zero-order valence-electron chi connectivity index (χ0n) is 11.7. The molecule has 1 aromatic heterocycles. The zero-order valence-corrected chi connectivity index (χ0v) is 12.5. The Morgan fingerprint density at radius 3 is 2.89 bits per heavy atom. The van der Waals surface area contributed by atoms with E-state index >= 15 is 0 Å². The Morgan fingerprint density at radius 2 is 2.32 bits per heavy atom. The number of aromatic nitrogens is 2. The predicted octanol–water partition coefficient (Wildman–Crippen LogP) is 0.906. The van der Waals surface area contributed by atoms with Crippen LogP contribution in [0.2, 0.25) is 0 Å². The highest BCUT2D eigenvalue weighted by atomic mass is 32.2. The van der Waals surface area contributed by atoms with Crippen molar-refractivity contribution in [2.24, 2.45) is 11.7 Å². The molecule has 2 unspecified atom stereocenters. The largest absolute Gasteiger partial charge is 0.327 e. The smallest absolute Gasteiger partial charge is 0.150 e. The number of nitrogens with zero attached hydrogens (tertiary/aromatic N) is 2. The minimum atomic E-state index is -2.80. The Morgan fingerprint density at radius 1 is 1.58 bits per heavy atom. The summed E-state index contributed by atoms with van der Waals surface area (Å²) in [7, 11) is -2.80. The minimum Gasteiger partial charge on any atom is -0.327 e. The molecule has 1 aliphatic heterocycles. The van der Waals surface area contributed by atoms with Crippen LogP contribution in [0.1, 0.15) is 31.2 Å². The zero-order chi connectivity index (χ0) is 14.0. The fraction of sp³-hybridized carbons (Fsp3) is 0.769. The van der Waals surface area contributed by atoms with Gasteiger partial charge in [0.25, 0.3) is 0 Å². The molecule has 19 heavy (non-hydrogen) atoms. The maximum atomic E-state index is 11.4. The molecule has 0 aromatic carbocycles. The predicted molar refractivity (Wildman–Crippen MR) is 75.7 cm³/mol. The summed E-state index contributed by atoms with van der Waals surface area (Å²) in [6.45, 7) is 4.88. The summed E-state index contributed by atoms with van der Waals surface area (Å²) < 4.78 is 24.8. The summed E-state index contributed by atoms with van der Waals surface area (Å²) >= 11 is 0. The van der Waals surface area contributed by atoms with Crippen molar-refractivity contribution in [3.05, 3.63) is 17.5 Å². The topological polar surface area (TPSA) is 78.0 Å². The first-order valence-electron chi connectivity index (χ1n) is 6.89. The number of hydrogen-bond acceptors (Lipinski definition) is 4. The van der Waals surface area contributed by atoms with Crippen LogP contribution in [0.15, 0.2) is 6.07 Å². The average Bonchev–Trinajstić information content (AvgIpc) is 2.81. The number of aryl methyl sites for hydroxylation is 2. The first-order valence-corrected chi connectivity index (χ1v) is 8.71. The van der Waals surface area contributed by atoms with Gasteiger partial charge in [-0.15, -0.1) is 0 Å². The van der Waals surface area contributed by atoms with Crippen molar-refractivity contribution in [3.8, 4) is 0 Å². The fourth-order valence-corrected chi connectivity index (χ4v) is 4.76. The Bertz CT molecular complexity index is 536. The molecule has 1 saturated heterocycles. The molecule has 1 aliphatic rings. The van der Waals surface area contributed by atoms with E-state index in [1.165, 1.54) is 0 Å². The van der Waals surface area contributed by atoms with E-state index in [2.05, 4.69) is 18.1 Å². The summed E-state index contributed by atoms with van der Waals surface area (Å²) in [5, 5.41) is 4.40. The van der Waals surface area contributed by atoms with E-state index in [0.29, 0.717) is 11.5 Å². The normalized spacial score (nSPS) is 23.6. The number of hydrogen-bond donors (Lipinski definition) is 1. The molecule has 108 valence electrons. The van der Waals surface area contributed by atoms with Crippen LogP contribution in [0.25, 0.3) is 0 Å². The van der Waals surface area contributed by atoms with Crippen LogP contribution in [0.4, 0.5) is 0 Å². The summed E-state index contributed by atoms with van der Waals surface area (Å²) in [6, 6.07) is 2.08. The van der Waals surface area contributed by atoms with E-state index in [-0.39, 0.29) is 12.0 Å². The van der Waals surface area contributed by atoms with Crippen molar-refractivity contribution in [2.45, 2.75) is 45.7 Å². The Hall–Kier alpha value is -0.880. The van der Waals surface area contributed by atoms with Gasteiger partial charge < -0.3 is 5.73 Å². The van der Waals surface area contributed by atoms with Gasteiger partial charge in [-0.25, -0.2) is 8.42 Å². The van der Waals surface area contributed by atoms with E-state index in [4.69, 9.17) is 5.73 Å². The van der Waals surface area contributed by atoms with Crippen molar-refractivity contribution >= 4 is 9.84 Å². The Balaban J connectivity index is 1.92. The standard InChI is InChI=1S/C13H23N3O2S/c1-3-16-13(6-10(2)15-16)8-12(14)7-11-4-5-19(17,18)9-11/h6,11-12H,3-5,7-9,14H2,1-2H3. The highest BCUT2D eigenvalue weighted by molar-refractivity contribution is 7.91. The monoisotopic (exact) mass is 285 g/mol. The summed E-state index contributed by atoms with van der Waals surface area (Å²) in [5.41, 5.74) is 8.32. The molecule has 5 nitrogen and oxygen atoms in total. The van der Waals surface area contributed by atoms with Gasteiger partial charge in [-0.2, -0.15) is 5.10 Å². The molecular formula is C13H23N3O2S. The molecule has 2 rings (SSSR count). The van der Waals surface area contributed by atoms with Gasteiger partial charge in [-0.3, -0.25) is 4.68 Å². The van der Waals surface area contributed by atoms with Crippen LogP contribution >= 0.6 is 0 Å². The number of sulfone groups is 1. The molecule has 2 heterocycles. The molecular weight excluding hydrogens is 262 g/mol. The third-order valence-corrected chi connectivity index (χ3v) is 5.56. The minimum absolute atomic E-state index is 0.0136. The maximum Gasteiger partial charge on any atom is 0.150 e. The number of rotatable bonds is 5. The van der Waals surface area contributed by atoms with Crippen LogP contribution < -0.4 is 5.73 Å². The lowest BCUT2D eigenvalue weighted by Gasteiger charge is -2.15. The van der Waals surface area contributed by atoms with Gasteiger partial charge in [0.15, 0.2) is 9.84 Å². The van der Waals surface area contributed by atoms with Crippen LogP contribution in [-0.4, -0.2) is 35.7 Å². The second kappa shape index (κ2) is 5.63. The van der Waals surface area contributed by atoms with Gasteiger partial charge >= 0.3 is 0 Å². The molecule has 2 atom stereocenters. The van der Waals surface area contributed by atoms with Gasteiger partial charge in [0.05, 0.1) is 17.2 Å². The van der Waals surface area contributed by atoms with Gasteiger partial charge in [0.2, 0.25) is 0 Å². The molecule has 0 aliphatic carbocycles. The number of nitrogens with two attached hydrogens (primary N) is 1. The molecule has 6 heteroatoms. The Kier molecular flexibility index (Phi) is 4.30. The lowest BCUT2D eigenvalue weighted by Crippen LogP contribution is -2.27. The third-order valence-electron chi connectivity index (χ3n) is 3.72. The molecule has 0 radical (unpaired) electrons. The maximum absolute atomic E-state index is 11.4. The van der Waals surface area contributed by atoms with Gasteiger partial charge in [0.1, 0.15) is 0 Å². The Labute approximate surface area is 115 Å². The fourth-order valence-electron chi connectivity index (χ4n) is 2.88. The van der Waals surface area contributed by atoms with Crippen LogP contribution in [0, 0.1) is 12.8 Å². The molecule has 1 fully saturated rings. The third kappa shape index (κ3) is 3.79.